The summed E-state index contributed by atoms with van der Waals surface area (Å²) in [5.74, 6) is -0.0853. The minimum atomic E-state index is -0.0427. The van der Waals surface area contributed by atoms with E-state index in [1.54, 1.807) is 0 Å². The molecule has 30 heavy (non-hydrogen) atoms. The van der Waals surface area contributed by atoms with Crippen molar-refractivity contribution < 1.29 is 14.2 Å². The van der Waals surface area contributed by atoms with E-state index in [-0.39, 0.29) is 11.8 Å². The molecular formula is C24H23N4O2+. The monoisotopic (exact) mass is 399 g/mol. The van der Waals surface area contributed by atoms with E-state index in [9.17, 15) is 9.59 Å². The molecule has 1 aromatic heterocycles. The van der Waals surface area contributed by atoms with Crippen molar-refractivity contribution in [3.8, 4) is 5.69 Å². The lowest BCUT2D eigenvalue weighted by Gasteiger charge is -2.09. The normalized spacial score (nSPS) is 10.9. The van der Waals surface area contributed by atoms with Crippen molar-refractivity contribution in [3.05, 3.63) is 66.7 Å². The van der Waals surface area contributed by atoms with Crippen molar-refractivity contribution in [3.63, 3.8) is 0 Å². The number of fused-ring (bicyclic) bond motifs is 2. The van der Waals surface area contributed by atoms with Crippen LogP contribution in [-0.2, 0) is 9.59 Å². The van der Waals surface area contributed by atoms with Crippen molar-refractivity contribution >= 4 is 45.3 Å². The van der Waals surface area contributed by atoms with Gasteiger partial charge < -0.3 is 10.6 Å². The molecule has 4 aromatic rings. The summed E-state index contributed by atoms with van der Waals surface area (Å²) >= 11 is 0. The Hall–Kier alpha value is -3.80. The highest BCUT2D eigenvalue weighted by Crippen LogP contribution is 2.23. The van der Waals surface area contributed by atoms with Gasteiger partial charge in [-0.2, -0.15) is 0 Å². The molecule has 6 heteroatoms. The van der Waals surface area contributed by atoms with Gasteiger partial charge in [0.2, 0.25) is 28.5 Å². The molecule has 0 spiro atoms. The van der Waals surface area contributed by atoms with Crippen molar-refractivity contribution in [1.82, 2.24) is 4.98 Å². The molecule has 2 amide bonds. The zero-order chi connectivity index (χ0) is 21.1. The molecule has 1 heterocycles. The summed E-state index contributed by atoms with van der Waals surface area (Å²) in [6.45, 7) is 3.64. The van der Waals surface area contributed by atoms with E-state index in [0.717, 1.165) is 39.1 Å². The zero-order valence-electron chi connectivity index (χ0n) is 17.0. The number of hydrogen-bond donors (Lipinski definition) is 2. The molecule has 0 saturated carbocycles. The maximum absolute atomic E-state index is 11.9. The van der Waals surface area contributed by atoms with Crippen molar-refractivity contribution in [2.45, 2.75) is 26.7 Å². The van der Waals surface area contributed by atoms with E-state index in [2.05, 4.69) is 15.2 Å². The van der Waals surface area contributed by atoms with Crippen molar-refractivity contribution in [2.75, 3.05) is 10.6 Å². The Morgan fingerprint density at radius 1 is 0.767 bits per heavy atom. The van der Waals surface area contributed by atoms with Gasteiger partial charge in [-0.15, -0.1) is 4.57 Å². The fourth-order valence-electron chi connectivity index (χ4n) is 3.36. The fourth-order valence-corrected chi connectivity index (χ4v) is 3.36. The van der Waals surface area contributed by atoms with E-state index in [0.29, 0.717) is 12.8 Å². The van der Waals surface area contributed by atoms with Crippen LogP contribution in [0.2, 0.25) is 0 Å². The van der Waals surface area contributed by atoms with Crippen molar-refractivity contribution in [2.24, 2.45) is 0 Å². The maximum atomic E-state index is 11.9. The molecule has 4 rings (SSSR count). The number of nitrogens with zero attached hydrogens (tertiary/aromatic N) is 2. The first kappa shape index (κ1) is 19.5. The van der Waals surface area contributed by atoms with Gasteiger partial charge in [0.1, 0.15) is 11.0 Å². The molecule has 0 saturated heterocycles. The van der Waals surface area contributed by atoms with E-state index < -0.39 is 0 Å². The van der Waals surface area contributed by atoms with Gasteiger partial charge in [-0.05, 0) is 24.3 Å². The summed E-state index contributed by atoms with van der Waals surface area (Å²) in [5, 5.41) is 5.84. The second kappa shape index (κ2) is 8.29. The number of para-hydroxylation sites is 1. The molecule has 0 aliphatic carbocycles. The molecule has 0 fully saturated rings. The number of rotatable bonds is 5. The minimum absolute atomic E-state index is 0.0427. The lowest BCUT2D eigenvalue weighted by Crippen LogP contribution is -2.33. The van der Waals surface area contributed by atoms with Gasteiger partial charge in [0.25, 0.3) is 0 Å². The Labute approximate surface area is 174 Å². The lowest BCUT2D eigenvalue weighted by molar-refractivity contribution is -0.538. The minimum Gasteiger partial charge on any atom is -0.326 e. The van der Waals surface area contributed by atoms with Gasteiger partial charge in [0.15, 0.2) is 0 Å². The third-order valence-electron chi connectivity index (χ3n) is 4.90. The van der Waals surface area contributed by atoms with E-state index in [1.807, 2.05) is 80.6 Å². The Morgan fingerprint density at radius 3 is 1.73 bits per heavy atom. The largest absolute Gasteiger partial charge is 0.326 e. The Kier molecular flexibility index (Phi) is 5.39. The van der Waals surface area contributed by atoms with Gasteiger partial charge >= 0.3 is 0 Å². The predicted octanol–water partition coefficient (Wildman–Crippen LogP) is 4.36. The first-order chi connectivity index (χ1) is 14.6. The summed E-state index contributed by atoms with van der Waals surface area (Å²) in [4.78, 5) is 28.6. The number of benzene rings is 3. The second-order valence-corrected chi connectivity index (χ2v) is 6.99. The van der Waals surface area contributed by atoms with Gasteiger partial charge in [-0.25, -0.2) is 4.98 Å². The SMILES string of the molecule is CCC(=O)Nc1ccc2nc3ccc(NC(=O)CC)cc3[n+](-c3ccccc3)c2c1. The highest BCUT2D eigenvalue weighted by atomic mass is 16.2. The number of nitrogens with one attached hydrogen (secondary N) is 2. The number of amides is 2. The molecule has 0 atom stereocenters. The summed E-state index contributed by atoms with van der Waals surface area (Å²) < 4.78 is 2.10. The molecule has 0 radical (unpaired) electrons. The van der Waals surface area contributed by atoms with Crippen LogP contribution in [-0.4, -0.2) is 16.8 Å². The predicted molar refractivity (Wildman–Crippen MR) is 119 cm³/mol. The molecule has 3 aromatic carbocycles. The Balaban J connectivity index is 1.99. The molecule has 0 unspecified atom stereocenters. The van der Waals surface area contributed by atoms with Gasteiger partial charge in [0, 0.05) is 48.5 Å². The quantitative estimate of drug-likeness (QED) is 0.387. The first-order valence-electron chi connectivity index (χ1n) is 10.0. The molecule has 0 aliphatic heterocycles. The topological polar surface area (TPSA) is 75.0 Å². The average molecular weight is 399 g/mol. The lowest BCUT2D eigenvalue weighted by atomic mass is 10.2. The summed E-state index contributed by atoms with van der Waals surface area (Å²) in [5.41, 5.74) is 5.75. The highest BCUT2D eigenvalue weighted by molar-refractivity contribution is 5.95. The van der Waals surface area contributed by atoms with Gasteiger partial charge in [0.05, 0.1) is 0 Å². The molecule has 150 valence electrons. The van der Waals surface area contributed by atoms with E-state index in [1.165, 1.54) is 0 Å². The number of carbonyl (C=O) groups is 2. The highest BCUT2D eigenvalue weighted by Gasteiger charge is 2.20. The number of carbonyl (C=O) groups excluding carboxylic acids is 2. The van der Waals surface area contributed by atoms with Crippen LogP contribution >= 0.6 is 0 Å². The molecule has 0 bridgehead atoms. The zero-order valence-corrected chi connectivity index (χ0v) is 17.0. The molecule has 0 aliphatic rings. The second-order valence-electron chi connectivity index (χ2n) is 6.99. The number of anilines is 2. The maximum Gasteiger partial charge on any atom is 0.239 e. The standard InChI is InChI=1S/C24H22N4O2/c1-3-23(29)25-16-10-12-19-21(14-16)28(18-8-6-5-7-9-18)22-15-17(26-24(30)4-2)11-13-20(22)27-19/h5-15H,3-4H2,1-2H3,(H,25,26,29,30)/p+1. The number of aromatic nitrogens is 2. The Bertz CT molecular complexity index is 1180. The van der Waals surface area contributed by atoms with Crippen LogP contribution in [0, 0.1) is 0 Å². The van der Waals surface area contributed by atoms with Crippen LogP contribution in [0.4, 0.5) is 11.4 Å². The van der Waals surface area contributed by atoms with Crippen LogP contribution in [0.25, 0.3) is 27.8 Å². The molecule has 2 N–H and O–H groups in total. The molecular weight excluding hydrogens is 376 g/mol. The van der Waals surface area contributed by atoms with Crippen molar-refractivity contribution in [1.29, 1.82) is 0 Å². The smallest absolute Gasteiger partial charge is 0.239 e. The van der Waals surface area contributed by atoms with Gasteiger partial charge in [-0.1, -0.05) is 32.0 Å². The number of hydrogen-bond acceptors (Lipinski definition) is 3. The fraction of sp³-hybridized carbons (Fsp3) is 0.167. The first-order valence-corrected chi connectivity index (χ1v) is 10.0. The summed E-state index contributed by atoms with van der Waals surface area (Å²) in [7, 11) is 0. The van der Waals surface area contributed by atoms with Crippen LogP contribution in [0.15, 0.2) is 66.7 Å². The third-order valence-corrected chi connectivity index (χ3v) is 4.90. The van der Waals surface area contributed by atoms with E-state index in [4.69, 9.17) is 4.98 Å². The van der Waals surface area contributed by atoms with E-state index >= 15 is 0 Å². The van der Waals surface area contributed by atoms with Crippen LogP contribution in [0.5, 0.6) is 0 Å². The molecule has 6 nitrogen and oxygen atoms in total. The van der Waals surface area contributed by atoms with Crippen LogP contribution in [0.1, 0.15) is 26.7 Å². The summed E-state index contributed by atoms with van der Waals surface area (Å²) in [6.07, 6.45) is 0.820. The van der Waals surface area contributed by atoms with Crippen LogP contribution in [0.3, 0.4) is 0 Å². The van der Waals surface area contributed by atoms with Gasteiger partial charge in [-0.3, -0.25) is 9.59 Å². The Morgan fingerprint density at radius 2 is 1.27 bits per heavy atom. The average Bonchev–Trinajstić information content (AvgIpc) is 2.78. The third kappa shape index (κ3) is 3.85. The summed E-state index contributed by atoms with van der Waals surface area (Å²) in [6, 6.07) is 21.4. The van der Waals surface area contributed by atoms with Crippen LogP contribution < -0.4 is 15.2 Å².